The number of likely N-dealkylation sites (N-methyl/N-ethyl adjacent to an activating group) is 1. The van der Waals surface area contributed by atoms with Crippen molar-refractivity contribution in [2.75, 3.05) is 50.3 Å². The zero-order chi connectivity index (χ0) is 54.3. The number of imide groups is 1. The topological polar surface area (TPSA) is 234 Å². The van der Waals surface area contributed by atoms with Crippen molar-refractivity contribution in [3.63, 3.8) is 0 Å². The Morgan fingerprint density at radius 2 is 1.57 bits per heavy atom. The number of thiazole rings is 1. The second kappa shape index (κ2) is 21.9. The minimum atomic E-state index is -1.64. The van der Waals surface area contributed by atoms with Gasteiger partial charge in [0.15, 0.2) is 16.9 Å². The number of aromatic nitrogens is 1. The molecular weight excluding hydrogens is 994 g/mol. The number of rotatable bonds is 15. The Kier molecular flexibility index (Phi) is 16.8. The number of urea groups is 1. The van der Waals surface area contributed by atoms with Crippen LogP contribution in [0.3, 0.4) is 0 Å². The smallest absolute Gasteiger partial charge is 0.456 e. The van der Waals surface area contributed by atoms with Crippen LogP contribution in [0.4, 0.5) is 19.5 Å². The Hall–Kier alpha value is -4.97. The molecule has 0 spiro atoms. The minimum Gasteiger partial charge on any atom is -0.456 e. The number of likely N-dealkylation sites (tertiary alicyclic amines) is 1. The second-order valence-corrected chi connectivity index (χ2v) is 25.5. The lowest BCUT2D eigenvalue weighted by Crippen LogP contribution is -2.65. The predicted molar refractivity (Wildman–Crippen MR) is 278 cm³/mol. The maximum atomic E-state index is 15.2. The second-order valence-electron chi connectivity index (χ2n) is 23.5. The van der Waals surface area contributed by atoms with Crippen LogP contribution < -0.4 is 20.7 Å². The van der Waals surface area contributed by atoms with Gasteiger partial charge in [-0.2, -0.15) is 0 Å². The molecule has 8 rings (SSSR count). The van der Waals surface area contributed by atoms with Crippen molar-refractivity contribution in [1.82, 2.24) is 30.3 Å². The summed E-state index contributed by atoms with van der Waals surface area (Å²) in [5.41, 5.74) is -3.32. The summed E-state index contributed by atoms with van der Waals surface area (Å²) in [5.74, 6) is -3.67. The Balaban J connectivity index is 1.30. The number of ether oxygens (including phenoxy) is 4. The van der Waals surface area contributed by atoms with Crippen molar-refractivity contribution < 1.29 is 61.8 Å². The van der Waals surface area contributed by atoms with Gasteiger partial charge in [-0.05, 0) is 150 Å². The highest BCUT2D eigenvalue weighted by molar-refractivity contribution is 7.99. The van der Waals surface area contributed by atoms with E-state index in [0.717, 1.165) is 55.1 Å². The van der Waals surface area contributed by atoms with E-state index in [-0.39, 0.29) is 65.6 Å². The standard InChI is InChI=1S/C51H74BN7O13S2/c1-14-58-21-22-59(41(62)40(58)61)44(64)55-37(31-28-74-43(53-31)56-45(65)69-48(5,6)7)39(60)54-35(52-71-34-27-30-26-33(50(30,11)12)51(34,13)72-52)25-29-17-18-32(73-24-23-57-19-15-16-20-57)36(42(63)68-47(2,3)4)38(29)67-46(66)70-49(8,9)10/h17-18,28,30,33-35,37H,14-16,19-27H2,1-13H3,(H,54,60)(H,55,64)(H,53,56,65)/t30?,33-,34+,35-,37?,51-/m0/s1. The van der Waals surface area contributed by atoms with Crippen LogP contribution in [0.15, 0.2) is 22.4 Å². The van der Waals surface area contributed by atoms with E-state index in [9.17, 15) is 28.8 Å². The van der Waals surface area contributed by atoms with Gasteiger partial charge in [0.25, 0.3) is 0 Å². The molecule has 2 unspecified atom stereocenters. The summed E-state index contributed by atoms with van der Waals surface area (Å²) < 4.78 is 37.0. The number of amides is 6. The van der Waals surface area contributed by atoms with E-state index in [1.165, 1.54) is 22.0 Å². The number of nitrogens with zero attached hydrogens (tertiary/aromatic N) is 4. The third-order valence-corrected chi connectivity index (χ3v) is 16.0. The van der Waals surface area contributed by atoms with Gasteiger partial charge in [0.2, 0.25) is 5.91 Å². The highest BCUT2D eigenvalue weighted by Gasteiger charge is 2.68. The van der Waals surface area contributed by atoms with Crippen LogP contribution in [-0.4, -0.2) is 148 Å². The van der Waals surface area contributed by atoms with Crippen molar-refractivity contribution in [3.05, 3.63) is 34.3 Å². The van der Waals surface area contributed by atoms with Gasteiger partial charge in [0.05, 0.1) is 23.3 Å². The number of nitrogens with one attached hydrogen (secondary N) is 3. The number of benzene rings is 1. The summed E-state index contributed by atoms with van der Waals surface area (Å²) in [6.45, 7) is 26.5. The highest BCUT2D eigenvalue weighted by atomic mass is 32.2. The summed E-state index contributed by atoms with van der Waals surface area (Å²) >= 11 is 2.39. The first-order valence-electron chi connectivity index (χ1n) is 25.6. The molecule has 2 aromatic rings. The molecule has 6 fully saturated rings. The van der Waals surface area contributed by atoms with E-state index in [1.54, 1.807) is 81.4 Å². The molecule has 3 saturated heterocycles. The molecule has 20 nitrogen and oxygen atoms in total. The van der Waals surface area contributed by atoms with Gasteiger partial charge in [-0.15, -0.1) is 23.1 Å². The van der Waals surface area contributed by atoms with Gasteiger partial charge in [0, 0.05) is 42.2 Å². The maximum absolute atomic E-state index is 15.2. The number of hydrogen-bond donors (Lipinski definition) is 3. The maximum Gasteiger partial charge on any atom is 0.514 e. The molecule has 6 amide bonds. The number of hydrogen-bond acceptors (Lipinski definition) is 17. The molecule has 4 heterocycles. The van der Waals surface area contributed by atoms with E-state index in [1.807, 2.05) is 6.92 Å². The van der Waals surface area contributed by atoms with Gasteiger partial charge in [-0.25, -0.2) is 24.2 Å². The monoisotopic (exact) mass is 1070 g/mol. The average molecular weight is 1070 g/mol. The van der Waals surface area contributed by atoms with Gasteiger partial charge in [-0.3, -0.25) is 24.6 Å². The number of esters is 1. The molecule has 3 saturated carbocycles. The fourth-order valence-corrected chi connectivity index (χ4v) is 12.3. The molecule has 6 atom stereocenters. The summed E-state index contributed by atoms with van der Waals surface area (Å²) in [6.07, 6.45) is 1.46. The summed E-state index contributed by atoms with van der Waals surface area (Å²) in [5, 5.41) is 9.77. The fourth-order valence-electron chi connectivity index (χ4n) is 10.5. The molecule has 74 heavy (non-hydrogen) atoms. The first kappa shape index (κ1) is 56.8. The summed E-state index contributed by atoms with van der Waals surface area (Å²) in [4.78, 5) is 106. The van der Waals surface area contributed by atoms with Crippen LogP contribution in [0.2, 0.25) is 0 Å². The zero-order valence-electron chi connectivity index (χ0n) is 45.1. The molecule has 6 aliphatic rings. The van der Waals surface area contributed by atoms with Gasteiger partial charge in [-0.1, -0.05) is 19.9 Å². The normalized spacial score (nSPS) is 23.6. The van der Waals surface area contributed by atoms with Gasteiger partial charge < -0.3 is 48.7 Å². The van der Waals surface area contributed by atoms with Crippen LogP contribution in [0, 0.1) is 17.3 Å². The van der Waals surface area contributed by atoms with E-state index < -0.39 is 83.5 Å². The molecule has 1 aromatic heterocycles. The summed E-state index contributed by atoms with van der Waals surface area (Å²) in [6, 6.07) is 0.819. The first-order valence-corrected chi connectivity index (χ1v) is 27.5. The van der Waals surface area contributed by atoms with Crippen molar-refractivity contribution in [3.8, 4) is 5.75 Å². The lowest BCUT2D eigenvalue weighted by molar-refractivity contribution is -0.199. The fraction of sp³-hybridized carbons (Fsp3) is 0.686. The quantitative estimate of drug-likeness (QED) is 0.0394. The Bertz CT molecular complexity index is 2480. The van der Waals surface area contributed by atoms with Gasteiger partial charge >= 0.3 is 43.2 Å². The first-order chi connectivity index (χ1) is 34.5. The van der Waals surface area contributed by atoms with Crippen LogP contribution in [0.5, 0.6) is 5.75 Å². The number of carbonyl (C=O) groups is 7. The largest absolute Gasteiger partial charge is 0.514 e. The van der Waals surface area contributed by atoms with E-state index >= 15 is 4.79 Å². The SMILES string of the molecule is CCN1CCN(C(=O)NC(C(=O)N[C@@H](Cc2ccc(SCCN3CCCC3)c(C(=O)OC(C)(C)C)c2OC(=O)OC(C)(C)C)B2O[C@@H]3CC4C[C@@H](C4(C)C)[C@]3(C)O2)c2csc(NC(=O)OC(C)(C)C)n2)C(=O)C1=O. The predicted octanol–water partition coefficient (Wildman–Crippen LogP) is 7.38. The number of carbonyl (C=O) groups excluding carboxylic acids is 7. The zero-order valence-corrected chi connectivity index (χ0v) is 46.7. The van der Waals surface area contributed by atoms with E-state index in [4.69, 9.17) is 28.3 Å². The van der Waals surface area contributed by atoms with Gasteiger partial charge in [0.1, 0.15) is 22.4 Å². The molecular formula is C51H74BN7O13S2. The van der Waals surface area contributed by atoms with E-state index in [2.05, 4.69) is 39.7 Å². The minimum absolute atomic E-state index is 0.00346. The molecule has 1 aromatic carbocycles. The Morgan fingerprint density at radius 1 is 0.892 bits per heavy atom. The molecule has 3 aliphatic carbocycles. The molecule has 0 radical (unpaired) electrons. The van der Waals surface area contributed by atoms with Crippen molar-refractivity contribution >= 4 is 77.3 Å². The third kappa shape index (κ3) is 13.2. The van der Waals surface area contributed by atoms with Crippen LogP contribution in [0.1, 0.15) is 143 Å². The molecule has 3 aliphatic heterocycles. The molecule has 3 N–H and O–H groups in total. The number of anilines is 1. The van der Waals surface area contributed by atoms with Crippen LogP contribution in [-0.2, 0) is 44.3 Å². The molecule has 406 valence electrons. The third-order valence-electron chi connectivity index (χ3n) is 14.2. The average Bonchev–Trinajstić information content (AvgIpc) is 4.05. The Labute approximate surface area is 442 Å². The highest BCUT2D eigenvalue weighted by Crippen LogP contribution is 2.66. The van der Waals surface area contributed by atoms with Crippen LogP contribution >= 0.6 is 23.1 Å². The lowest BCUT2D eigenvalue weighted by Gasteiger charge is -2.64. The van der Waals surface area contributed by atoms with Crippen LogP contribution in [0.25, 0.3) is 0 Å². The van der Waals surface area contributed by atoms with Crippen molar-refractivity contribution in [2.45, 2.75) is 167 Å². The van der Waals surface area contributed by atoms with E-state index in [0.29, 0.717) is 28.6 Å². The number of thioether (sulfide) groups is 1. The molecule has 2 bridgehead atoms. The molecule has 23 heteroatoms. The summed E-state index contributed by atoms with van der Waals surface area (Å²) in [7, 11) is -1.13. The van der Waals surface area contributed by atoms with Crippen molar-refractivity contribution in [1.29, 1.82) is 0 Å². The number of piperazine rings is 1. The lowest BCUT2D eigenvalue weighted by atomic mass is 9.43. The Morgan fingerprint density at radius 3 is 2.20 bits per heavy atom. The van der Waals surface area contributed by atoms with Crippen molar-refractivity contribution in [2.24, 2.45) is 17.3 Å².